The standard InChI is InChI=1S/C26H32O13/c1-11-16-17(22(21(11)36-12(2)28)38-23(32)13-7-5-4-6-8-13)14(24(33)34-3)10-35-25(16)39-26-20(31)19(30)18(29)15(9-27)37-26/h4-8,10-11,15-22,25-27,29-31H,9H2,1-3H3/t11-,15+,16+,17+,18-,19-,20-,21-,22+,25-,26+/m1/s1. The van der Waals surface area contributed by atoms with Gasteiger partial charge < -0.3 is 48.8 Å². The zero-order chi connectivity index (χ0) is 28.4. The van der Waals surface area contributed by atoms with E-state index in [0.29, 0.717) is 0 Å². The first kappa shape index (κ1) is 28.9. The monoisotopic (exact) mass is 552 g/mol. The van der Waals surface area contributed by atoms with Crippen molar-refractivity contribution >= 4 is 17.9 Å². The fraction of sp³-hybridized carbons (Fsp3) is 0.577. The molecule has 0 bridgehead atoms. The van der Waals surface area contributed by atoms with Crippen LogP contribution in [0.1, 0.15) is 24.2 Å². The number of ether oxygens (including phenoxy) is 6. The summed E-state index contributed by atoms with van der Waals surface area (Å²) in [6.45, 7) is 2.21. The minimum Gasteiger partial charge on any atom is -0.472 e. The molecule has 3 aliphatic rings. The number of hydrogen-bond acceptors (Lipinski definition) is 13. The summed E-state index contributed by atoms with van der Waals surface area (Å²) in [6.07, 6.45) is -10.2. The van der Waals surface area contributed by atoms with E-state index < -0.39 is 91.5 Å². The van der Waals surface area contributed by atoms with Gasteiger partial charge in [0.15, 0.2) is 6.29 Å². The van der Waals surface area contributed by atoms with Crippen molar-refractivity contribution in [2.24, 2.45) is 17.8 Å². The van der Waals surface area contributed by atoms with E-state index in [1.807, 2.05) is 0 Å². The molecule has 2 aliphatic heterocycles. The van der Waals surface area contributed by atoms with Gasteiger partial charge in [0.1, 0.15) is 36.6 Å². The fourth-order valence-electron chi connectivity index (χ4n) is 5.39. The topological polar surface area (TPSA) is 188 Å². The Morgan fingerprint density at radius 3 is 2.23 bits per heavy atom. The van der Waals surface area contributed by atoms with Crippen LogP contribution in [0.5, 0.6) is 0 Å². The fourth-order valence-corrected chi connectivity index (χ4v) is 5.39. The van der Waals surface area contributed by atoms with Crippen LogP contribution in [-0.2, 0) is 38.0 Å². The number of aliphatic hydroxyl groups excluding tert-OH is 4. The first-order valence-electron chi connectivity index (χ1n) is 12.4. The third-order valence-electron chi connectivity index (χ3n) is 7.31. The number of fused-ring (bicyclic) bond motifs is 1. The van der Waals surface area contributed by atoms with E-state index in [4.69, 9.17) is 28.4 Å². The number of aliphatic hydroxyl groups is 4. The lowest BCUT2D eigenvalue weighted by atomic mass is 9.82. The molecule has 13 nitrogen and oxygen atoms in total. The van der Waals surface area contributed by atoms with Crippen molar-refractivity contribution in [1.82, 2.24) is 0 Å². The third-order valence-corrected chi connectivity index (χ3v) is 7.31. The highest BCUT2D eigenvalue weighted by molar-refractivity contribution is 5.91. The lowest BCUT2D eigenvalue weighted by Gasteiger charge is -2.43. The Morgan fingerprint density at radius 2 is 1.62 bits per heavy atom. The molecule has 0 amide bonds. The summed E-state index contributed by atoms with van der Waals surface area (Å²) in [5, 5.41) is 40.3. The average Bonchev–Trinajstić information content (AvgIpc) is 3.19. The summed E-state index contributed by atoms with van der Waals surface area (Å²) in [4.78, 5) is 37.8. The second-order valence-corrected chi connectivity index (χ2v) is 9.67. The van der Waals surface area contributed by atoms with Crippen molar-refractivity contribution in [2.75, 3.05) is 13.7 Å². The van der Waals surface area contributed by atoms with Crippen molar-refractivity contribution < 1.29 is 63.2 Å². The van der Waals surface area contributed by atoms with Gasteiger partial charge in [0.25, 0.3) is 0 Å². The van der Waals surface area contributed by atoms with Gasteiger partial charge in [-0.2, -0.15) is 0 Å². The molecule has 1 saturated heterocycles. The molecule has 39 heavy (non-hydrogen) atoms. The molecule has 0 unspecified atom stereocenters. The first-order chi connectivity index (χ1) is 18.6. The SMILES string of the molecule is COC(=O)C1=CO[C@H](O[C@@H]2O[C@@H](CO)[C@@H](O)[C@@H](O)[C@H]2O)[C@H]2[C@@H](C)[C@@H](OC(C)=O)[C@@H](OC(=O)c3ccccc3)[C@@H]12. The summed E-state index contributed by atoms with van der Waals surface area (Å²) < 4.78 is 33.4. The normalized spacial score (nSPS) is 37.6. The van der Waals surface area contributed by atoms with Crippen molar-refractivity contribution in [3.63, 3.8) is 0 Å². The molecule has 214 valence electrons. The largest absolute Gasteiger partial charge is 0.472 e. The van der Waals surface area contributed by atoms with Crippen molar-refractivity contribution in [3.05, 3.63) is 47.7 Å². The van der Waals surface area contributed by atoms with Crippen LogP contribution in [0.15, 0.2) is 42.2 Å². The lowest BCUT2D eigenvalue weighted by molar-refractivity contribution is -0.343. The molecule has 0 radical (unpaired) electrons. The molecule has 2 heterocycles. The Hall–Kier alpha value is -3.07. The molecule has 1 aromatic rings. The minimum absolute atomic E-state index is 0.00326. The maximum atomic E-state index is 13.0. The second kappa shape index (κ2) is 12.0. The summed E-state index contributed by atoms with van der Waals surface area (Å²) in [7, 11) is 1.17. The molecule has 1 saturated carbocycles. The predicted octanol–water partition coefficient (Wildman–Crippen LogP) is -0.744. The average molecular weight is 553 g/mol. The molecular formula is C26H32O13. The smallest absolute Gasteiger partial charge is 0.338 e. The maximum Gasteiger partial charge on any atom is 0.338 e. The number of carbonyl (C=O) groups excluding carboxylic acids is 3. The van der Waals surface area contributed by atoms with Crippen LogP contribution in [0.25, 0.3) is 0 Å². The van der Waals surface area contributed by atoms with E-state index in [1.54, 1.807) is 37.3 Å². The minimum atomic E-state index is -1.72. The molecule has 1 aliphatic carbocycles. The van der Waals surface area contributed by atoms with Gasteiger partial charge in [-0.15, -0.1) is 0 Å². The van der Waals surface area contributed by atoms with E-state index in [9.17, 15) is 34.8 Å². The number of rotatable bonds is 7. The number of benzene rings is 1. The van der Waals surface area contributed by atoms with Crippen molar-refractivity contribution in [2.45, 2.75) is 63.1 Å². The molecule has 13 heteroatoms. The Bertz CT molecular complexity index is 1070. The molecule has 4 rings (SSSR count). The summed E-state index contributed by atoms with van der Waals surface area (Å²) in [5.41, 5.74) is 0.239. The van der Waals surface area contributed by atoms with Crippen LogP contribution in [0, 0.1) is 17.8 Å². The van der Waals surface area contributed by atoms with Crippen LogP contribution < -0.4 is 0 Å². The van der Waals surface area contributed by atoms with Crippen LogP contribution in [0.3, 0.4) is 0 Å². The van der Waals surface area contributed by atoms with Gasteiger partial charge in [-0.05, 0) is 12.1 Å². The van der Waals surface area contributed by atoms with Gasteiger partial charge in [0, 0.05) is 24.7 Å². The highest BCUT2D eigenvalue weighted by atomic mass is 16.8. The van der Waals surface area contributed by atoms with Crippen molar-refractivity contribution in [3.8, 4) is 0 Å². The zero-order valence-corrected chi connectivity index (χ0v) is 21.5. The van der Waals surface area contributed by atoms with Crippen LogP contribution in [-0.4, -0.2) is 101 Å². The van der Waals surface area contributed by atoms with Gasteiger partial charge in [-0.1, -0.05) is 25.1 Å². The van der Waals surface area contributed by atoms with Crippen molar-refractivity contribution in [1.29, 1.82) is 0 Å². The maximum absolute atomic E-state index is 13.0. The number of carbonyl (C=O) groups is 3. The molecule has 1 aromatic carbocycles. The first-order valence-corrected chi connectivity index (χ1v) is 12.4. The van der Waals surface area contributed by atoms with E-state index in [2.05, 4.69) is 0 Å². The van der Waals surface area contributed by atoms with Gasteiger partial charge in [-0.3, -0.25) is 4.79 Å². The highest BCUT2D eigenvalue weighted by Crippen LogP contribution is 2.50. The van der Waals surface area contributed by atoms with E-state index >= 15 is 0 Å². The highest BCUT2D eigenvalue weighted by Gasteiger charge is 2.61. The molecule has 11 atom stereocenters. The summed E-state index contributed by atoms with van der Waals surface area (Å²) in [6, 6.07) is 8.12. The summed E-state index contributed by atoms with van der Waals surface area (Å²) >= 11 is 0. The number of esters is 3. The van der Waals surface area contributed by atoms with Crippen LogP contribution >= 0.6 is 0 Å². The quantitative estimate of drug-likeness (QED) is 0.245. The number of hydrogen-bond donors (Lipinski definition) is 4. The van der Waals surface area contributed by atoms with E-state index in [1.165, 1.54) is 14.0 Å². The Labute approximate surface area is 223 Å². The van der Waals surface area contributed by atoms with Gasteiger partial charge in [0.05, 0.1) is 31.1 Å². The second-order valence-electron chi connectivity index (χ2n) is 9.67. The van der Waals surface area contributed by atoms with Gasteiger partial charge >= 0.3 is 17.9 Å². The number of methoxy groups -OCH3 is 1. The van der Waals surface area contributed by atoms with Gasteiger partial charge in [-0.25, -0.2) is 9.59 Å². The third kappa shape index (κ3) is 5.64. The molecule has 0 aromatic heterocycles. The van der Waals surface area contributed by atoms with Crippen LogP contribution in [0.2, 0.25) is 0 Å². The Balaban J connectivity index is 1.69. The lowest BCUT2D eigenvalue weighted by Crippen LogP contribution is -2.60. The predicted molar refractivity (Wildman–Crippen MR) is 127 cm³/mol. The summed E-state index contributed by atoms with van der Waals surface area (Å²) in [5.74, 6) is -4.51. The van der Waals surface area contributed by atoms with E-state index in [-0.39, 0.29) is 11.1 Å². The Morgan fingerprint density at radius 1 is 0.923 bits per heavy atom. The van der Waals surface area contributed by atoms with Gasteiger partial charge in [0.2, 0.25) is 6.29 Å². The molecule has 4 N–H and O–H groups in total. The molecular weight excluding hydrogens is 520 g/mol. The molecule has 0 spiro atoms. The molecule has 2 fully saturated rings. The Kier molecular flexibility index (Phi) is 8.89. The van der Waals surface area contributed by atoms with E-state index in [0.717, 1.165) is 6.26 Å². The van der Waals surface area contributed by atoms with Crippen LogP contribution in [0.4, 0.5) is 0 Å². The zero-order valence-electron chi connectivity index (χ0n) is 21.5.